The van der Waals surface area contributed by atoms with Crippen LogP contribution in [0.15, 0.2) is 60.8 Å². The van der Waals surface area contributed by atoms with E-state index in [0.717, 1.165) is 30.0 Å². The van der Waals surface area contributed by atoms with Crippen LogP contribution in [0.2, 0.25) is 0 Å². The smallest absolute Gasteiger partial charge is 0.328 e. The van der Waals surface area contributed by atoms with E-state index in [1.807, 2.05) is 12.1 Å². The van der Waals surface area contributed by atoms with Gasteiger partial charge in [0.15, 0.2) is 0 Å². The number of likely N-dealkylation sites (tertiary alicyclic amines) is 1. The maximum Gasteiger partial charge on any atom is 0.328 e. The number of anilines is 1. The molecule has 35 heavy (non-hydrogen) atoms. The van der Waals surface area contributed by atoms with Gasteiger partial charge in [-0.1, -0.05) is 0 Å². The highest BCUT2D eigenvalue weighted by molar-refractivity contribution is 6.05. The number of nitrogens with zero attached hydrogens (tertiary/aromatic N) is 1. The van der Waals surface area contributed by atoms with Crippen LogP contribution in [0.5, 0.6) is 5.75 Å². The predicted molar refractivity (Wildman–Crippen MR) is 133 cm³/mol. The van der Waals surface area contributed by atoms with Crippen LogP contribution in [-0.4, -0.2) is 65.2 Å². The highest BCUT2D eigenvalue weighted by Gasteiger charge is 2.21. The minimum atomic E-state index is -1.26. The largest absolute Gasteiger partial charge is 0.497 e. The fourth-order valence-electron chi connectivity index (χ4n) is 3.97. The fraction of sp³-hybridized carbons (Fsp3) is 0.269. The maximum atomic E-state index is 12.5. The number of piperidine rings is 1. The number of aromatic nitrogens is 1. The molecule has 0 atom stereocenters. The fourth-order valence-corrected chi connectivity index (χ4v) is 3.97. The molecule has 0 bridgehead atoms. The molecule has 1 amide bonds. The number of aliphatic carboxylic acids is 2. The zero-order valence-corrected chi connectivity index (χ0v) is 19.7. The van der Waals surface area contributed by atoms with Gasteiger partial charge in [-0.25, -0.2) is 9.59 Å². The lowest BCUT2D eigenvalue weighted by Crippen LogP contribution is -2.29. The van der Waals surface area contributed by atoms with Crippen LogP contribution in [0.3, 0.4) is 0 Å². The molecule has 0 spiro atoms. The van der Waals surface area contributed by atoms with Crippen LogP contribution >= 0.6 is 0 Å². The van der Waals surface area contributed by atoms with E-state index >= 15 is 0 Å². The van der Waals surface area contributed by atoms with Crippen molar-refractivity contribution in [3.8, 4) is 5.75 Å². The quantitative estimate of drug-likeness (QED) is 0.394. The summed E-state index contributed by atoms with van der Waals surface area (Å²) in [5.41, 5.74) is 3.91. The Bertz CT molecular complexity index is 1190. The number of amides is 1. The Morgan fingerprint density at radius 3 is 2.23 bits per heavy atom. The van der Waals surface area contributed by atoms with E-state index in [-0.39, 0.29) is 5.91 Å². The number of carboxylic acid groups (broad SMARTS) is 2. The molecule has 0 unspecified atom stereocenters. The van der Waals surface area contributed by atoms with Crippen LogP contribution in [0.1, 0.15) is 34.7 Å². The summed E-state index contributed by atoms with van der Waals surface area (Å²) < 4.78 is 5.15. The van der Waals surface area contributed by atoms with E-state index in [0.29, 0.717) is 23.6 Å². The summed E-state index contributed by atoms with van der Waals surface area (Å²) in [6.07, 6.45) is 5.60. The number of carbonyl (C=O) groups is 3. The topological polar surface area (TPSA) is 132 Å². The van der Waals surface area contributed by atoms with Crippen molar-refractivity contribution in [1.29, 1.82) is 0 Å². The molecule has 4 rings (SSSR count). The molecule has 1 aromatic heterocycles. The van der Waals surface area contributed by atoms with Crippen LogP contribution in [0.4, 0.5) is 5.69 Å². The number of methoxy groups -OCH3 is 1. The van der Waals surface area contributed by atoms with E-state index in [1.165, 1.54) is 23.8 Å². The minimum Gasteiger partial charge on any atom is -0.497 e. The number of aromatic amines is 1. The first-order valence-corrected chi connectivity index (χ1v) is 11.2. The summed E-state index contributed by atoms with van der Waals surface area (Å²) in [4.78, 5) is 37.4. The molecule has 2 heterocycles. The molecule has 1 fully saturated rings. The molecule has 3 aromatic rings. The Morgan fingerprint density at radius 1 is 1.03 bits per heavy atom. The van der Waals surface area contributed by atoms with E-state index < -0.39 is 11.9 Å². The van der Waals surface area contributed by atoms with E-state index in [9.17, 15) is 14.4 Å². The van der Waals surface area contributed by atoms with Crippen molar-refractivity contribution >= 4 is 34.4 Å². The second-order valence-corrected chi connectivity index (χ2v) is 8.27. The van der Waals surface area contributed by atoms with E-state index in [2.05, 4.69) is 34.5 Å². The Labute approximate surface area is 203 Å². The van der Waals surface area contributed by atoms with Crippen LogP contribution in [-0.2, 0) is 9.59 Å². The van der Waals surface area contributed by atoms with Crippen LogP contribution in [0, 0.1) is 0 Å². The maximum absolute atomic E-state index is 12.5. The van der Waals surface area contributed by atoms with Gasteiger partial charge in [-0.05, 0) is 86.9 Å². The molecule has 4 N–H and O–H groups in total. The summed E-state index contributed by atoms with van der Waals surface area (Å²) in [5, 5.41) is 19.8. The van der Waals surface area contributed by atoms with Gasteiger partial charge in [-0.3, -0.25) is 4.79 Å². The zero-order chi connectivity index (χ0) is 25.4. The minimum absolute atomic E-state index is 0.117. The Kier molecular flexibility index (Phi) is 8.63. The third kappa shape index (κ3) is 7.18. The molecule has 2 aromatic carbocycles. The molecule has 0 radical (unpaired) electrons. The number of ether oxygens (including phenoxy) is 1. The van der Waals surface area contributed by atoms with Gasteiger partial charge >= 0.3 is 11.9 Å². The molecular weight excluding hydrogens is 450 g/mol. The second-order valence-electron chi connectivity index (χ2n) is 8.27. The molecule has 9 nitrogen and oxygen atoms in total. The lowest BCUT2D eigenvalue weighted by Gasteiger charge is -2.28. The van der Waals surface area contributed by atoms with Crippen molar-refractivity contribution in [2.45, 2.75) is 18.8 Å². The number of hydrogen-bond acceptors (Lipinski definition) is 5. The summed E-state index contributed by atoms with van der Waals surface area (Å²) in [5.74, 6) is -1.32. The first kappa shape index (κ1) is 25.5. The Balaban J connectivity index is 0.000000371. The average Bonchev–Trinajstić information content (AvgIpc) is 3.27. The van der Waals surface area contributed by atoms with Gasteiger partial charge < -0.3 is 30.2 Å². The molecule has 1 aliphatic rings. The van der Waals surface area contributed by atoms with Crippen molar-refractivity contribution in [2.24, 2.45) is 0 Å². The van der Waals surface area contributed by atoms with Crippen molar-refractivity contribution in [3.05, 3.63) is 71.9 Å². The van der Waals surface area contributed by atoms with Crippen molar-refractivity contribution in [3.63, 3.8) is 0 Å². The Hall–Kier alpha value is -4.11. The van der Waals surface area contributed by atoms with Crippen molar-refractivity contribution < 1.29 is 29.3 Å². The summed E-state index contributed by atoms with van der Waals surface area (Å²) >= 11 is 0. The summed E-state index contributed by atoms with van der Waals surface area (Å²) in [6, 6.07) is 13.2. The number of hydrogen-bond donors (Lipinski definition) is 4. The van der Waals surface area contributed by atoms with Gasteiger partial charge in [0, 0.05) is 40.5 Å². The first-order chi connectivity index (χ1) is 16.8. The second kappa shape index (κ2) is 11.8. The van der Waals surface area contributed by atoms with Gasteiger partial charge in [-0.2, -0.15) is 0 Å². The molecule has 184 valence electrons. The number of nitrogens with one attached hydrogen (secondary N) is 2. The van der Waals surface area contributed by atoms with Crippen molar-refractivity contribution in [2.75, 3.05) is 32.6 Å². The van der Waals surface area contributed by atoms with Crippen LogP contribution in [0.25, 0.3) is 10.9 Å². The zero-order valence-electron chi connectivity index (χ0n) is 19.7. The number of H-pyrrole nitrogens is 1. The number of fused-ring (bicyclic) bond motifs is 1. The first-order valence-electron chi connectivity index (χ1n) is 11.2. The van der Waals surface area contributed by atoms with Gasteiger partial charge in [0.2, 0.25) is 0 Å². The number of rotatable bonds is 6. The lowest BCUT2D eigenvalue weighted by atomic mass is 9.89. The average molecular weight is 480 g/mol. The third-order valence-corrected chi connectivity index (χ3v) is 5.85. The van der Waals surface area contributed by atoms with Gasteiger partial charge in [0.1, 0.15) is 5.75 Å². The van der Waals surface area contributed by atoms with Crippen molar-refractivity contribution in [1.82, 2.24) is 9.88 Å². The lowest BCUT2D eigenvalue weighted by molar-refractivity contribution is -0.134. The standard InChI is InChI=1S/C22H25N3O2.C4H4O4/c1-25-11-9-15(10-12-25)20-14-23-21-8-5-17(13-19(20)21)24-22(26)16-3-6-18(27-2)7-4-16;5-3(6)1-2-4(7)8/h3-8,13-15,23H,9-12H2,1-2H3,(H,24,26);1-2H,(H,5,6)(H,7,8). The highest BCUT2D eigenvalue weighted by Crippen LogP contribution is 2.34. The number of benzene rings is 2. The normalized spacial score (nSPS) is 14.3. The van der Waals surface area contributed by atoms with Gasteiger partial charge in [0.05, 0.1) is 7.11 Å². The highest BCUT2D eigenvalue weighted by atomic mass is 16.5. The molecule has 1 aliphatic heterocycles. The molecule has 1 saturated heterocycles. The Morgan fingerprint density at radius 2 is 1.66 bits per heavy atom. The van der Waals surface area contributed by atoms with Crippen LogP contribution < -0.4 is 10.1 Å². The number of carboxylic acids is 2. The molecule has 9 heteroatoms. The molecule has 0 saturated carbocycles. The van der Waals surface area contributed by atoms with E-state index in [4.69, 9.17) is 14.9 Å². The predicted octanol–water partition coefficient (Wildman–Crippen LogP) is 3.95. The third-order valence-electron chi connectivity index (χ3n) is 5.85. The molecular formula is C26H29N3O6. The monoisotopic (exact) mass is 479 g/mol. The summed E-state index contributed by atoms with van der Waals surface area (Å²) in [6.45, 7) is 2.26. The number of carbonyl (C=O) groups excluding carboxylic acids is 1. The van der Waals surface area contributed by atoms with E-state index in [1.54, 1.807) is 31.4 Å². The SMILES string of the molecule is COc1ccc(C(=O)Nc2ccc3[nH]cc(C4CCN(C)CC4)c3c2)cc1.O=C(O)C=CC(=O)O. The molecule has 0 aliphatic carbocycles. The summed E-state index contributed by atoms with van der Waals surface area (Å²) in [7, 11) is 3.79. The van der Waals surface area contributed by atoms with Gasteiger partial charge in [-0.15, -0.1) is 0 Å². The van der Waals surface area contributed by atoms with Gasteiger partial charge in [0.25, 0.3) is 5.91 Å².